The fourth-order valence-electron chi connectivity index (χ4n) is 4.31. The van der Waals surface area contributed by atoms with Crippen LogP contribution in [0.2, 0.25) is 0 Å². The van der Waals surface area contributed by atoms with Crippen molar-refractivity contribution in [3.05, 3.63) is 34.9 Å². The lowest BCUT2D eigenvalue weighted by Gasteiger charge is -2.43. The molecule has 0 heterocycles. The predicted molar refractivity (Wildman–Crippen MR) is 88.2 cm³/mol. The highest BCUT2D eigenvalue weighted by Gasteiger charge is 2.42. The highest BCUT2D eigenvalue weighted by molar-refractivity contribution is 5.89. The number of carbonyl (C=O) groups is 1. The van der Waals surface area contributed by atoms with Gasteiger partial charge in [0.05, 0.1) is 18.8 Å². The number of hydrogen-bond donors (Lipinski definition) is 1. The molecule has 3 heteroatoms. The molecule has 3 unspecified atom stereocenters. The zero-order valence-electron chi connectivity index (χ0n) is 12.9. The fourth-order valence-corrected chi connectivity index (χ4v) is 4.31. The van der Waals surface area contributed by atoms with Gasteiger partial charge < -0.3 is 9.84 Å². The number of fused-ring (bicyclic) bond motifs is 3. The summed E-state index contributed by atoms with van der Waals surface area (Å²) in [6.45, 7) is 2.34. The Morgan fingerprint density at radius 1 is 1.36 bits per heavy atom. The number of aryl methyl sites for hydroxylation is 1. The number of aliphatic hydroxyl groups excluding tert-OH is 1. The molecule has 1 fully saturated rings. The Morgan fingerprint density at radius 2 is 2.14 bits per heavy atom. The van der Waals surface area contributed by atoms with Gasteiger partial charge >= 0.3 is 5.97 Å². The molecule has 1 saturated carbocycles. The van der Waals surface area contributed by atoms with Gasteiger partial charge in [0.2, 0.25) is 0 Å². The van der Waals surface area contributed by atoms with Crippen LogP contribution in [0, 0.1) is 5.92 Å². The molecule has 2 aliphatic rings. The van der Waals surface area contributed by atoms with Gasteiger partial charge in [-0.3, -0.25) is 0 Å². The van der Waals surface area contributed by atoms with Gasteiger partial charge in [0, 0.05) is 0 Å². The molecule has 0 aliphatic heterocycles. The Hall–Kier alpha value is -1.35. The molecule has 1 N–H and O–H groups in total. The summed E-state index contributed by atoms with van der Waals surface area (Å²) in [5.41, 5.74) is 3.46. The van der Waals surface area contributed by atoms with Crippen LogP contribution in [0.5, 0.6) is 0 Å². The van der Waals surface area contributed by atoms with Crippen molar-refractivity contribution in [2.45, 2.75) is 64.4 Å². The van der Waals surface area contributed by atoms with Crippen LogP contribution in [0.3, 0.4) is 0 Å². The molecule has 0 aromatic heterocycles. The molecule has 1 aromatic carbocycles. The van der Waals surface area contributed by atoms with Crippen molar-refractivity contribution in [1.29, 1.82) is 0 Å². The number of hydrogen-bond acceptors (Lipinski definition) is 3. The third-order valence-electron chi connectivity index (χ3n) is 5.59. The van der Waals surface area contributed by atoms with E-state index in [9.17, 15) is 9.90 Å². The van der Waals surface area contributed by atoms with Crippen LogP contribution in [0.4, 0.5) is 0 Å². The second kappa shape index (κ2) is 6.41. The van der Waals surface area contributed by atoms with Crippen molar-refractivity contribution in [3.8, 4) is 0 Å². The van der Waals surface area contributed by atoms with Crippen LogP contribution in [-0.2, 0) is 16.6 Å². The Kier molecular flexibility index (Phi) is 4.96. The number of methoxy groups -OCH3 is 1. The molecule has 0 amide bonds. The second-order valence-corrected chi connectivity index (χ2v) is 6.80. The molecule has 0 saturated heterocycles. The third-order valence-corrected chi connectivity index (χ3v) is 5.59. The van der Waals surface area contributed by atoms with E-state index in [4.69, 9.17) is 4.74 Å². The monoisotopic (exact) mass is 304 g/mol. The first kappa shape index (κ1) is 17.0. The Balaban J connectivity index is 0.00000176. The van der Waals surface area contributed by atoms with Crippen LogP contribution in [-0.4, -0.2) is 24.3 Å². The first-order chi connectivity index (χ1) is 10.0. The van der Waals surface area contributed by atoms with Crippen LogP contribution >= 0.6 is 0 Å². The number of esters is 1. The summed E-state index contributed by atoms with van der Waals surface area (Å²) in [5.74, 6) is 0.286. The zero-order valence-corrected chi connectivity index (χ0v) is 12.9. The SMILES string of the molecule is C.COC(=O)c1ccc2c(c1)CCCC1CC(O)CCC21C. The van der Waals surface area contributed by atoms with E-state index in [1.54, 1.807) is 0 Å². The van der Waals surface area contributed by atoms with Crippen molar-refractivity contribution in [2.24, 2.45) is 5.92 Å². The highest BCUT2D eigenvalue weighted by atomic mass is 16.5. The van der Waals surface area contributed by atoms with Crippen molar-refractivity contribution < 1.29 is 14.6 Å². The smallest absolute Gasteiger partial charge is 0.337 e. The molecular weight excluding hydrogens is 276 g/mol. The maximum atomic E-state index is 11.7. The number of aliphatic hydroxyl groups is 1. The van der Waals surface area contributed by atoms with E-state index in [2.05, 4.69) is 13.0 Å². The summed E-state index contributed by atoms with van der Waals surface area (Å²) in [6, 6.07) is 6.03. The minimum absolute atomic E-state index is 0. The molecule has 3 atom stereocenters. The quantitative estimate of drug-likeness (QED) is 0.801. The molecule has 3 nitrogen and oxygen atoms in total. The van der Waals surface area contributed by atoms with Gasteiger partial charge in [-0.15, -0.1) is 0 Å². The van der Waals surface area contributed by atoms with Crippen LogP contribution in [0.15, 0.2) is 18.2 Å². The van der Waals surface area contributed by atoms with E-state index in [0.29, 0.717) is 11.5 Å². The largest absolute Gasteiger partial charge is 0.465 e. The molecule has 3 rings (SSSR count). The molecule has 0 radical (unpaired) electrons. The Bertz CT molecular complexity index is 552. The normalized spacial score (nSPS) is 30.3. The minimum atomic E-state index is -0.261. The van der Waals surface area contributed by atoms with Crippen LogP contribution in [0.1, 0.15) is 67.9 Å². The standard InChI is InChI=1S/C18H24O3.CH4/c1-18-9-8-15(19)11-14(18)5-3-4-12-10-13(17(20)21-2)6-7-16(12)18;/h6-7,10,14-15,19H,3-5,8-9,11H2,1-2H3;1H4. The first-order valence-electron chi connectivity index (χ1n) is 7.94. The van der Waals surface area contributed by atoms with Gasteiger partial charge in [-0.2, -0.15) is 0 Å². The van der Waals surface area contributed by atoms with E-state index in [0.717, 1.165) is 38.5 Å². The maximum absolute atomic E-state index is 11.7. The lowest BCUT2D eigenvalue weighted by Crippen LogP contribution is -2.39. The summed E-state index contributed by atoms with van der Waals surface area (Å²) < 4.78 is 4.83. The molecular formula is C19H28O3. The summed E-state index contributed by atoms with van der Waals surface area (Å²) in [4.78, 5) is 11.7. The van der Waals surface area contributed by atoms with E-state index in [1.807, 2.05) is 12.1 Å². The second-order valence-electron chi connectivity index (χ2n) is 6.80. The van der Waals surface area contributed by atoms with Gasteiger partial charge in [-0.05, 0) is 73.1 Å². The van der Waals surface area contributed by atoms with Crippen LogP contribution < -0.4 is 0 Å². The lowest BCUT2D eigenvalue weighted by molar-refractivity contribution is 0.0542. The lowest BCUT2D eigenvalue weighted by atomic mass is 9.62. The van der Waals surface area contributed by atoms with E-state index >= 15 is 0 Å². The molecule has 2 aliphatic carbocycles. The van der Waals surface area contributed by atoms with E-state index in [1.165, 1.54) is 18.2 Å². The van der Waals surface area contributed by atoms with Crippen molar-refractivity contribution in [1.82, 2.24) is 0 Å². The first-order valence-corrected chi connectivity index (χ1v) is 7.94. The van der Waals surface area contributed by atoms with Gasteiger partial charge in [-0.1, -0.05) is 20.4 Å². The van der Waals surface area contributed by atoms with E-state index < -0.39 is 0 Å². The molecule has 1 aromatic rings. The predicted octanol–water partition coefficient (Wildman–Crippen LogP) is 3.86. The van der Waals surface area contributed by atoms with Crippen molar-refractivity contribution in [3.63, 3.8) is 0 Å². The average molecular weight is 304 g/mol. The van der Waals surface area contributed by atoms with Crippen molar-refractivity contribution in [2.75, 3.05) is 7.11 Å². The Labute approximate surface area is 133 Å². The Morgan fingerprint density at radius 3 is 2.86 bits per heavy atom. The molecule has 0 spiro atoms. The van der Waals surface area contributed by atoms with Gasteiger partial charge in [-0.25, -0.2) is 4.79 Å². The summed E-state index contributed by atoms with van der Waals surface area (Å²) in [7, 11) is 1.42. The number of ether oxygens (including phenoxy) is 1. The van der Waals surface area contributed by atoms with Crippen LogP contribution in [0.25, 0.3) is 0 Å². The third kappa shape index (κ3) is 2.79. The minimum Gasteiger partial charge on any atom is -0.465 e. The summed E-state index contributed by atoms with van der Waals surface area (Å²) >= 11 is 0. The van der Waals surface area contributed by atoms with Gasteiger partial charge in [0.1, 0.15) is 0 Å². The number of rotatable bonds is 1. The zero-order chi connectivity index (χ0) is 15.0. The molecule has 22 heavy (non-hydrogen) atoms. The van der Waals surface area contributed by atoms with Gasteiger partial charge in [0.15, 0.2) is 0 Å². The fraction of sp³-hybridized carbons (Fsp3) is 0.632. The van der Waals surface area contributed by atoms with Crippen molar-refractivity contribution >= 4 is 5.97 Å². The average Bonchev–Trinajstić information content (AvgIpc) is 2.63. The summed E-state index contributed by atoms with van der Waals surface area (Å²) in [5, 5.41) is 9.99. The van der Waals surface area contributed by atoms with E-state index in [-0.39, 0.29) is 24.9 Å². The summed E-state index contributed by atoms with van der Waals surface area (Å²) in [6.07, 6.45) is 5.99. The highest BCUT2D eigenvalue weighted by Crippen LogP contribution is 2.48. The maximum Gasteiger partial charge on any atom is 0.337 e. The number of benzene rings is 1. The molecule has 122 valence electrons. The molecule has 0 bridgehead atoms. The van der Waals surface area contributed by atoms with Gasteiger partial charge in [0.25, 0.3) is 0 Å². The number of carbonyl (C=O) groups excluding carboxylic acids is 1. The topological polar surface area (TPSA) is 46.5 Å².